The number of hydrogen-bond donors (Lipinski definition) is 1. The molecular weight excluding hydrogens is 509 g/mol. The highest BCUT2D eigenvalue weighted by molar-refractivity contribution is 5.92. The van der Waals surface area contributed by atoms with Gasteiger partial charge in [0.1, 0.15) is 17.3 Å². The molecule has 3 aromatic carbocycles. The van der Waals surface area contributed by atoms with Crippen LogP contribution in [-0.4, -0.2) is 41.6 Å². The molecule has 0 bridgehead atoms. The number of carbonyl (C=O) groups excluding carboxylic acids is 1. The van der Waals surface area contributed by atoms with E-state index in [0.717, 1.165) is 17.7 Å². The van der Waals surface area contributed by atoms with E-state index in [1.165, 1.54) is 32.4 Å². The van der Waals surface area contributed by atoms with Crippen molar-refractivity contribution in [1.29, 1.82) is 0 Å². The normalized spacial score (nSPS) is 12.9. The van der Waals surface area contributed by atoms with Crippen LogP contribution in [0.1, 0.15) is 68.4 Å². The second-order valence-corrected chi connectivity index (χ2v) is 10.4. The summed E-state index contributed by atoms with van der Waals surface area (Å²) in [5, 5.41) is 9.18. The molecule has 0 spiro atoms. The van der Waals surface area contributed by atoms with Crippen molar-refractivity contribution in [3.8, 4) is 22.6 Å². The second kappa shape index (κ2) is 14.6. The zero-order chi connectivity index (χ0) is 29.2. The van der Waals surface area contributed by atoms with Crippen LogP contribution in [0.5, 0.6) is 11.5 Å². The molecule has 214 valence electrons. The minimum atomic E-state index is -0.884. The number of methoxy groups -OCH3 is 1. The van der Waals surface area contributed by atoms with E-state index in [1.54, 1.807) is 61.5 Å². The maximum absolute atomic E-state index is 14.9. The summed E-state index contributed by atoms with van der Waals surface area (Å²) in [6.07, 6.45) is 4.83. The van der Waals surface area contributed by atoms with Gasteiger partial charge >= 0.3 is 11.9 Å². The lowest BCUT2D eigenvalue weighted by Crippen LogP contribution is -2.30. The van der Waals surface area contributed by atoms with Crippen LogP contribution in [0.4, 0.5) is 4.39 Å². The van der Waals surface area contributed by atoms with Crippen molar-refractivity contribution in [1.82, 2.24) is 4.90 Å². The number of aliphatic carboxylic acids is 1. The summed E-state index contributed by atoms with van der Waals surface area (Å²) in [4.78, 5) is 26.5. The minimum absolute atomic E-state index is 0.250. The molecule has 0 aromatic heterocycles. The van der Waals surface area contributed by atoms with Crippen molar-refractivity contribution in [2.24, 2.45) is 5.92 Å². The van der Waals surface area contributed by atoms with Crippen LogP contribution in [0.3, 0.4) is 0 Å². The summed E-state index contributed by atoms with van der Waals surface area (Å²) >= 11 is 0. The van der Waals surface area contributed by atoms with Crippen LogP contribution in [0.15, 0.2) is 60.7 Å². The maximum Gasteiger partial charge on any atom is 0.343 e. The Morgan fingerprint density at radius 2 is 1.68 bits per heavy atom. The third kappa shape index (κ3) is 8.91. The molecule has 0 saturated heterocycles. The van der Waals surface area contributed by atoms with E-state index in [1.807, 2.05) is 0 Å². The molecule has 1 aliphatic carbocycles. The van der Waals surface area contributed by atoms with E-state index in [2.05, 4.69) is 25.7 Å². The molecule has 40 heavy (non-hydrogen) atoms. The SMILES string of the molecule is C1CC1.CCN(Cc1cc(C(=O)Oc2cccc(CC(C)C(=O)O)c2)ccc1-c1cc(OC)ccc1F)C(C)C. The average molecular weight is 550 g/mol. The number of ether oxygens (including phenoxy) is 2. The third-order valence-corrected chi connectivity index (χ3v) is 6.74. The van der Waals surface area contributed by atoms with Crippen molar-refractivity contribution in [3.05, 3.63) is 83.2 Å². The standard InChI is InChI=1S/C30H34FNO5.C3H6/c1-6-32(19(2)3)18-23-16-22(10-12-26(23)27-17-24(36-5)11-13-28(27)31)30(35)37-25-9-7-8-21(15-25)14-20(4)29(33)34;1-2-3-1/h7-13,15-17,19-20H,6,14,18H2,1-5H3,(H,33,34);1-3H2. The largest absolute Gasteiger partial charge is 0.497 e. The number of benzene rings is 3. The van der Waals surface area contributed by atoms with Gasteiger partial charge in [-0.25, -0.2) is 9.18 Å². The highest BCUT2D eigenvalue weighted by atomic mass is 19.1. The topological polar surface area (TPSA) is 76.1 Å². The summed E-state index contributed by atoms with van der Waals surface area (Å²) in [5.41, 5.74) is 2.97. The summed E-state index contributed by atoms with van der Waals surface area (Å²) in [6, 6.07) is 16.8. The van der Waals surface area contributed by atoms with Gasteiger partial charge in [-0.05, 0) is 86.0 Å². The third-order valence-electron chi connectivity index (χ3n) is 6.74. The van der Waals surface area contributed by atoms with Gasteiger partial charge < -0.3 is 14.6 Å². The van der Waals surface area contributed by atoms with Crippen molar-refractivity contribution < 1.29 is 28.6 Å². The minimum Gasteiger partial charge on any atom is -0.497 e. The van der Waals surface area contributed by atoms with E-state index in [-0.39, 0.29) is 11.9 Å². The molecular formula is C33H40FNO5. The molecule has 7 heteroatoms. The number of hydrogen-bond acceptors (Lipinski definition) is 5. The van der Waals surface area contributed by atoms with Gasteiger partial charge in [-0.3, -0.25) is 9.69 Å². The Morgan fingerprint density at radius 1 is 0.950 bits per heavy atom. The molecule has 1 aliphatic rings. The van der Waals surface area contributed by atoms with E-state index < -0.39 is 17.9 Å². The zero-order valence-corrected chi connectivity index (χ0v) is 24.1. The Labute approximate surface area is 236 Å². The van der Waals surface area contributed by atoms with Crippen molar-refractivity contribution in [2.45, 2.75) is 66.0 Å². The number of carbonyl (C=O) groups is 2. The summed E-state index contributed by atoms with van der Waals surface area (Å²) in [6.45, 7) is 9.17. The number of halogens is 1. The van der Waals surface area contributed by atoms with Gasteiger partial charge in [0, 0.05) is 18.2 Å². The molecule has 4 rings (SSSR count). The fraction of sp³-hybridized carbons (Fsp3) is 0.394. The van der Waals surface area contributed by atoms with Gasteiger partial charge in [-0.1, -0.05) is 51.3 Å². The Morgan fingerprint density at radius 3 is 2.27 bits per heavy atom. The van der Waals surface area contributed by atoms with Gasteiger partial charge in [0.2, 0.25) is 0 Å². The van der Waals surface area contributed by atoms with Crippen LogP contribution >= 0.6 is 0 Å². The average Bonchev–Trinajstić information content (AvgIpc) is 3.82. The van der Waals surface area contributed by atoms with Crippen molar-refractivity contribution in [3.63, 3.8) is 0 Å². The van der Waals surface area contributed by atoms with Crippen LogP contribution < -0.4 is 9.47 Å². The van der Waals surface area contributed by atoms with Gasteiger partial charge in [-0.2, -0.15) is 0 Å². The fourth-order valence-electron chi connectivity index (χ4n) is 4.17. The lowest BCUT2D eigenvalue weighted by molar-refractivity contribution is -0.141. The Hall–Kier alpha value is -3.71. The quantitative estimate of drug-likeness (QED) is 0.199. The van der Waals surface area contributed by atoms with Crippen LogP contribution in [0, 0.1) is 11.7 Å². The Kier molecular flexibility index (Phi) is 11.3. The smallest absolute Gasteiger partial charge is 0.343 e. The number of carboxylic acid groups (broad SMARTS) is 1. The van der Waals surface area contributed by atoms with Gasteiger partial charge in [0.15, 0.2) is 0 Å². The molecule has 0 aliphatic heterocycles. The molecule has 1 unspecified atom stereocenters. The first-order valence-electron chi connectivity index (χ1n) is 13.9. The van der Waals surface area contributed by atoms with E-state index in [0.29, 0.717) is 41.2 Å². The predicted octanol–water partition coefficient (Wildman–Crippen LogP) is 7.38. The number of esters is 1. The number of nitrogens with zero attached hydrogens (tertiary/aromatic N) is 1. The first-order valence-corrected chi connectivity index (χ1v) is 13.9. The lowest BCUT2D eigenvalue weighted by Gasteiger charge is -2.26. The van der Waals surface area contributed by atoms with Crippen LogP contribution in [-0.2, 0) is 17.8 Å². The fourth-order valence-corrected chi connectivity index (χ4v) is 4.17. The highest BCUT2D eigenvalue weighted by Gasteiger charge is 2.19. The predicted molar refractivity (Wildman–Crippen MR) is 155 cm³/mol. The number of carboxylic acids is 1. The molecule has 1 atom stereocenters. The molecule has 1 fully saturated rings. The Bertz CT molecular complexity index is 1300. The molecule has 0 heterocycles. The summed E-state index contributed by atoms with van der Waals surface area (Å²) in [5.74, 6) is -1.49. The molecule has 6 nitrogen and oxygen atoms in total. The van der Waals surface area contributed by atoms with Crippen LogP contribution in [0.25, 0.3) is 11.1 Å². The van der Waals surface area contributed by atoms with Gasteiger partial charge in [-0.15, -0.1) is 0 Å². The van der Waals surface area contributed by atoms with Crippen molar-refractivity contribution >= 4 is 11.9 Å². The highest BCUT2D eigenvalue weighted by Crippen LogP contribution is 2.32. The molecule has 3 aromatic rings. The maximum atomic E-state index is 14.9. The first-order chi connectivity index (χ1) is 19.1. The van der Waals surface area contributed by atoms with Crippen molar-refractivity contribution in [2.75, 3.05) is 13.7 Å². The van der Waals surface area contributed by atoms with E-state index in [9.17, 15) is 19.1 Å². The molecule has 0 amide bonds. The Balaban J connectivity index is 0.00000137. The molecule has 1 N–H and O–H groups in total. The zero-order valence-electron chi connectivity index (χ0n) is 24.1. The monoisotopic (exact) mass is 549 g/mol. The van der Waals surface area contributed by atoms with E-state index in [4.69, 9.17) is 9.47 Å². The van der Waals surface area contributed by atoms with E-state index >= 15 is 0 Å². The number of rotatable bonds is 11. The second-order valence-electron chi connectivity index (χ2n) is 10.4. The lowest BCUT2D eigenvalue weighted by atomic mass is 9.96. The summed E-state index contributed by atoms with van der Waals surface area (Å²) in [7, 11) is 1.53. The van der Waals surface area contributed by atoms with Crippen LogP contribution in [0.2, 0.25) is 0 Å². The van der Waals surface area contributed by atoms with Gasteiger partial charge in [0.05, 0.1) is 18.6 Å². The molecule has 0 radical (unpaired) electrons. The van der Waals surface area contributed by atoms with Gasteiger partial charge in [0.25, 0.3) is 0 Å². The first kappa shape index (κ1) is 30.8. The molecule has 1 saturated carbocycles. The summed E-state index contributed by atoms with van der Waals surface area (Å²) < 4.78 is 25.8.